The van der Waals surface area contributed by atoms with Gasteiger partial charge in [-0.2, -0.15) is 0 Å². The molecule has 29 heavy (non-hydrogen) atoms. The lowest BCUT2D eigenvalue weighted by molar-refractivity contribution is -0.384. The topological polar surface area (TPSA) is 92.5 Å². The summed E-state index contributed by atoms with van der Waals surface area (Å²) in [7, 11) is 0. The molecule has 0 spiro atoms. The molecule has 0 bridgehead atoms. The molecule has 1 aromatic heterocycles. The van der Waals surface area contributed by atoms with E-state index in [2.05, 4.69) is 21.2 Å². The second-order valence-electron chi connectivity index (χ2n) is 6.44. The van der Waals surface area contributed by atoms with Gasteiger partial charge in [0, 0.05) is 38.3 Å². The van der Waals surface area contributed by atoms with E-state index in [0.717, 1.165) is 14.9 Å². The Morgan fingerprint density at radius 3 is 2.76 bits per heavy atom. The summed E-state index contributed by atoms with van der Waals surface area (Å²) in [5, 5.41) is 15.9. The molecule has 3 aromatic rings. The first kappa shape index (κ1) is 19.3. The van der Waals surface area contributed by atoms with E-state index >= 15 is 0 Å². The second kappa shape index (κ2) is 7.76. The highest BCUT2D eigenvalue weighted by molar-refractivity contribution is 9.10. The van der Waals surface area contributed by atoms with Crippen molar-refractivity contribution in [1.82, 2.24) is 4.90 Å². The summed E-state index contributed by atoms with van der Waals surface area (Å²) in [5.74, 6) is -0.776. The van der Waals surface area contributed by atoms with Crippen LogP contribution in [0.3, 0.4) is 0 Å². The smallest absolute Gasteiger partial charge is 0.270 e. The molecule has 9 heteroatoms. The Bertz CT molecular complexity index is 1120. The number of carbonyl (C=O) groups is 2. The molecule has 1 aliphatic heterocycles. The molecule has 2 amide bonds. The zero-order valence-electron chi connectivity index (χ0n) is 14.9. The minimum Gasteiger partial charge on any atom is -0.324 e. The largest absolute Gasteiger partial charge is 0.324 e. The summed E-state index contributed by atoms with van der Waals surface area (Å²) in [5.41, 5.74) is 1.38. The molecule has 0 saturated carbocycles. The van der Waals surface area contributed by atoms with Crippen molar-refractivity contribution in [2.24, 2.45) is 0 Å². The average Bonchev–Trinajstić information content (AvgIpc) is 3.18. The van der Waals surface area contributed by atoms with Gasteiger partial charge in [-0.25, -0.2) is 0 Å². The molecule has 0 radical (unpaired) electrons. The number of rotatable bonds is 3. The minimum absolute atomic E-state index is 0.159. The minimum atomic E-state index is -0.547. The van der Waals surface area contributed by atoms with Gasteiger partial charge in [-0.1, -0.05) is 28.1 Å². The number of nitrogens with one attached hydrogen (secondary N) is 1. The van der Waals surface area contributed by atoms with E-state index in [4.69, 9.17) is 0 Å². The number of fused-ring (bicyclic) bond motifs is 1. The number of thiophene rings is 1. The number of nitro groups is 1. The van der Waals surface area contributed by atoms with Gasteiger partial charge in [0.1, 0.15) is 6.54 Å². The molecular formula is C20H14BrN3O4S. The summed E-state index contributed by atoms with van der Waals surface area (Å²) in [6, 6.07) is 14.3. The predicted molar refractivity (Wildman–Crippen MR) is 113 cm³/mol. The Morgan fingerprint density at radius 2 is 2.03 bits per heavy atom. The standard InChI is InChI=1S/C20H14BrN3O4S/c21-13-6-7-16-15(10-13)19(17-5-2-8-29-17)23(11-18(25)22-16)20(26)12-3-1-4-14(9-12)24(27)28/h1-10,19H,11H2,(H,22,25). The van der Waals surface area contributed by atoms with Crippen molar-refractivity contribution >= 4 is 50.5 Å². The van der Waals surface area contributed by atoms with Gasteiger partial charge >= 0.3 is 0 Å². The number of carbonyl (C=O) groups excluding carboxylic acids is 2. The van der Waals surface area contributed by atoms with E-state index in [-0.39, 0.29) is 23.7 Å². The van der Waals surface area contributed by atoms with Crippen molar-refractivity contribution < 1.29 is 14.5 Å². The van der Waals surface area contributed by atoms with Gasteiger partial charge in [-0.3, -0.25) is 19.7 Å². The number of halogens is 1. The predicted octanol–water partition coefficient (Wildman–Crippen LogP) is 4.60. The highest BCUT2D eigenvalue weighted by Gasteiger charge is 2.35. The maximum atomic E-state index is 13.4. The zero-order chi connectivity index (χ0) is 20.5. The number of anilines is 1. The summed E-state index contributed by atoms with van der Waals surface area (Å²) in [4.78, 5) is 38.9. The number of benzene rings is 2. The monoisotopic (exact) mass is 471 g/mol. The molecule has 2 heterocycles. The Labute approximate surface area is 178 Å². The first-order valence-corrected chi connectivity index (χ1v) is 10.3. The van der Waals surface area contributed by atoms with Crippen molar-refractivity contribution in [3.63, 3.8) is 0 Å². The molecule has 0 saturated heterocycles. The van der Waals surface area contributed by atoms with Gasteiger partial charge < -0.3 is 10.2 Å². The molecule has 1 aliphatic rings. The highest BCUT2D eigenvalue weighted by atomic mass is 79.9. The molecule has 1 unspecified atom stereocenters. The van der Waals surface area contributed by atoms with Crippen LogP contribution in [-0.4, -0.2) is 28.2 Å². The third-order valence-electron chi connectivity index (χ3n) is 4.59. The van der Waals surface area contributed by atoms with E-state index in [9.17, 15) is 19.7 Å². The van der Waals surface area contributed by atoms with Gasteiger partial charge in [0.25, 0.3) is 11.6 Å². The first-order chi connectivity index (χ1) is 13.9. The van der Waals surface area contributed by atoms with Crippen molar-refractivity contribution in [2.45, 2.75) is 6.04 Å². The Morgan fingerprint density at radius 1 is 1.21 bits per heavy atom. The number of hydrogen-bond donors (Lipinski definition) is 1. The third kappa shape index (κ3) is 3.79. The van der Waals surface area contributed by atoms with Crippen LogP contribution in [0, 0.1) is 10.1 Å². The van der Waals surface area contributed by atoms with Crippen molar-refractivity contribution in [2.75, 3.05) is 11.9 Å². The van der Waals surface area contributed by atoms with E-state index in [1.807, 2.05) is 29.6 Å². The van der Waals surface area contributed by atoms with Crippen LogP contribution >= 0.6 is 27.3 Å². The molecule has 146 valence electrons. The van der Waals surface area contributed by atoms with Crippen LogP contribution < -0.4 is 5.32 Å². The fraction of sp³-hybridized carbons (Fsp3) is 0.100. The van der Waals surface area contributed by atoms with Gasteiger partial charge in [-0.15, -0.1) is 11.3 Å². The lowest BCUT2D eigenvalue weighted by Crippen LogP contribution is -2.38. The normalized spacial score (nSPS) is 16.0. The van der Waals surface area contributed by atoms with Gasteiger partial charge in [0.2, 0.25) is 5.91 Å². The molecule has 7 nitrogen and oxygen atoms in total. The average molecular weight is 472 g/mol. The molecule has 0 fully saturated rings. The number of non-ortho nitro benzene ring substituents is 1. The maximum Gasteiger partial charge on any atom is 0.270 e. The SMILES string of the molecule is O=C1CN(C(=O)c2cccc([N+](=O)[O-])c2)C(c2cccs2)c2cc(Br)ccc2N1. The maximum absolute atomic E-state index is 13.4. The molecular weight excluding hydrogens is 458 g/mol. The number of nitrogens with zero attached hydrogens (tertiary/aromatic N) is 2. The molecule has 1 N–H and O–H groups in total. The Kier molecular flexibility index (Phi) is 5.16. The van der Waals surface area contributed by atoms with Crippen LogP contribution in [0.2, 0.25) is 0 Å². The van der Waals surface area contributed by atoms with Crippen LogP contribution in [0.15, 0.2) is 64.5 Å². The van der Waals surface area contributed by atoms with Crippen LogP contribution in [0.4, 0.5) is 11.4 Å². The Balaban J connectivity index is 1.86. The molecule has 0 aliphatic carbocycles. The quantitative estimate of drug-likeness (QED) is 0.446. The van der Waals surface area contributed by atoms with Crippen molar-refractivity contribution in [3.8, 4) is 0 Å². The lowest BCUT2D eigenvalue weighted by Gasteiger charge is -2.29. The van der Waals surface area contributed by atoms with Gasteiger partial charge in [-0.05, 0) is 35.7 Å². The van der Waals surface area contributed by atoms with Crippen LogP contribution in [0.5, 0.6) is 0 Å². The zero-order valence-corrected chi connectivity index (χ0v) is 17.3. The van der Waals surface area contributed by atoms with Gasteiger partial charge in [0.05, 0.1) is 11.0 Å². The molecule has 1 atom stereocenters. The summed E-state index contributed by atoms with van der Waals surface area (Å²) < 4.78 is 0.816. The Hall–Kier alpha value is -3.04. The lowest BCUT2D eigenvalue weighted by atomic mass is 10.0. The second-order valence-corrected chi connectivity index (χ2v) is 8.33. The summed E-state index contributed by atoms with van der Waals surface area (Å²) >= 11 is 4.94. The van der Waals surface area contributed by atoms with Gasteiger partial charge in [0.15, 0.2) is 0 Å². The van der Waals surface area contributed by atoms with E-state index in [0.29, 0.717) is 5.69 Å². The molecule has 2 aromatic carbocycles. The number of hydrogen-bond acceptors (Lipinski definition) is 5. The summed E-state index contributed by atoms with van der Waals surface area (Å²) in [6.07, 6.45) is 0. The van der Waals surface area contributed by atoms with Crippen LogP contribution in [0.25, 0.3) is 0 Å². The third-order valence-corrected chi connectivity index (χ3v) is 6.00. The fourth-order valence-corrected chi connectivity index (χ4v) is 4.57. The number of nitro benzene ring substituents is 1. The van der Waals surface area contributed by atoms with Crippen molar-refractivity contribution in [3.05, 3.63) is 90.6 Å². The summed E-state index contributed by atoms with van der Waals surface area (Å²) in [6.45, 7) is -0.170. The van der Waals surface area contributed by atoms with Crippen LogP contribution in [-0.2, 0) is 4.79 Å². The highest BCUT2D eigenvalue weighted by Crippen LogP contribution is 2.39. The van der Waals surface area contributed by atoms with E-state index in [1.54, 1.807) is 6.07 Å². The number of amides is 2. The van der Waals surface area contributed by atoms with E-state index < -0.39 is 16.9 Å². The first-order valence-electron chi connectivity index (χ1n) is 8.62. The van der Waals surface area contributed by atoms with Crippen molar-refractivity contribution in [1.29, 1.82) is 0 Å². The molecule has 4 rings (SSSR count). The van der Waals surface area contributed by atoms with Crippen LogP contribution in [0.1, 0.15) is 26.8 Å². The van der Waals surface area contributed by atoms with E-state index in [1.165, 1.54) is 40.5 Å². The fourth-order valence-electron chi connectivity index (χ4n) is 3.34.